The van der Waals surface area contributed by atoms with E-state index in [2.05, 4.69) is 16.0 Å². The number of aldehydes is 1. The predicted molar refractivity (Wildman–Crippen MR) is 73.8 cm³/mol. The van der Waals surface area contributed by atoms with Crippen LogP contribution in [0.15, 0.2) is 0 Å². The molecule has 3 unspecified atom stereocenters. The van der Waals surface area contributed by atoms with Gasteiger partial charge in [-0.15, -0.1) is 0 Å². The summed E-state index contributed by atoms with van der Waals surface area (Å²) >= 11 is 0. The molecular weight excluding hydrogens is 262 g/mol. The maximum Gasteiger partial charge on any atom is 0.243 e. The summed E-state index contributed by atoms with van der Waals surface area (Å²) in [5.41, 5.74) is 0. The highest BCUT2D eigenvalue weighted by molar-refractivity contribution is 5.92. The highest BCUT2D eigenvalue weighted by atomic mass is 16.2. The maximum atomic E-state index is 12.0. The van der Waals surface area contributed by atoms with E-state index in [1.165, 1.54) is 6.92 Å². The monoisotopic (exact) mass is 285 g/mol. The molecule has 0 bridgehead atoms. The fraction of sp³-hybridized carbons (Fsp3) is 0.692. The first-order valence-electron chi connectivity index (χ1n) is 6.68. The molecule has 0 aliphatic carbocycles. The highest BCUT2D eigenvalue weighted by Crippen LogP contribution is 1.97. The summed E-state index contributed by atoms with van der Waals surface area (Å²) in [7, 11) is 0. The zero-order chi connectivity index (χ0) is 15.7. The number of carbonyl (C=O) groups excluding carboxylic acids is 4. The molecule has 0 aromatic rings. The highest BCUT2D eigenvalue weighted by Gasteiger charge is 2.24. The number of hydrogen-bond donors (Lipinski definition) is 3. The number of carbonyl (C=O) groups is 4. The van der Waals surface area contributed by atoms with Gasteiger partial charge in [0, 0.05) is 6.92 Å². The lowest BCUT2D eigenvalue weighted by molar-refractivity contribution is -0.132. The Kier molecular flexibility index (Phi) is 8.19. The summed E-state index contributed by atoms with van der Waals surface area (Å²) in [5, 5.41) is 7.56. The van der Waals surface area contributed by atoms with E-state index in [1.54, 1.807) is 20.8 Å². The van der Waals surface area contributed by atoms with Crippen molar-refractivity contribution in [1.29, 1.82) is 0 Å². The van der Waals surface area contributed by atoms with Crippen LogP contribution in [0.1, 0.15) is 40.5 Å². The molecule has 0 rings (SSSR count). The van der Waals surface area contributed by atoms with Crippen molar-refractivity contribution in [1.82, 2.24) is 16.0 Å². The van der Waals surface area contributed by atoms with Crippen molar-refractivity contribution >= 4 is 24.0 Å². The van der Waals surface area contributed by atoms with Crippen LogP contribution in [0.4, 0.5) is 0 Å². The molecule has 3 atom stereocenters. The molecule has 20 heavy (non-hydrogen) atoms. The van der Waals surface area contributed by atoms with E-state index >= 15 is 0 Å². The Morgan fingerprint density at radius 2 is 1.40 bits per heavy atom. The SMILES string of the molecule is CCC(NC(C)=O)C(=O)NC(CC)C(=O)NC(C)C=O. The lowest BCUT2D eigenvalue weighted by Crippen LogP contribution is -2.54. The zero-order valence-corrected chi connectivity index (χ0v) is 12.4. The summed E-state index contributed by atoms with van der Waals surface area (Å²) in [4.78, 5) is 45.3. The van der Waals surface area contributed by atoms with Gasteiger partial charge in [0.15, 0.2) is 0 Å². The molecule has 0 fully saturated rings. The van der Waals surface area contributed by atoms with Crippen molar-refractivity contribution in [3.8, 4) is 0 Å². The Morgan fingerprint density at radius 1 is 0.950 bits per heavy atom. The lowest BCUT2D eigenvalue weighted by Gasteiger charge is -2.21. The van der Waals surface area contributed by atoms with Gasteiger partial charge in [0.1, 0.15) is 18.4 Å². The molecule has 7 nitrogen and oxygen atoms in total. The van der Waals surface area contributed by atoms with Gasteiger partial charge in [-0.25, -0.2) is 0 Å². The average Bonchev–Trinajstić information content (AvgIpc) is 2.40. The summed E-state index contributed by atoms with van der Waals surface area (Å²) in [6, 6.07) is -2.00. The molecule has 0 aromatic carbocycles. The fourth-order valence-corrected chi connectivity index (χ4v) is 1.58. The Labute approximate surface area is 118 Å². The molecule has 0 saturated carbocycles. The quantitative estimate of drug-likeness (QED) is 0.523. The minimum Gasteiger partial charge on any atom is -0.345 e. The van der Waals surface area contributed by atoms with Crippen LogP contribution in [0.2, 0.25) is 0 Å². The normalized spacial score (nSPS) is 14.6. The summed E-state index contributed by atoms with van der Waals surface area (Å²) in [5.74, 6) is -1.14. The first kappa shape index (κ1) is 18.1. The average molecular weight is 285 g/mol. The molecule has 0 aliphatic heterocycles. The molecular formula is C13H23N3O4. The van der Waals surface area contributed by atoms with Gasteiger partial charge >= 0.3 is 0 Å². The molecule has 3 N–H and O–H groups in total. The zero-order valence-electron chi connectivity index (χ0n) is 12.4. The van der Waals surface area contributed by atoms with E-state index in [-0.39, 0.29) is 5.91 Å². The van der Waals surface area contributed by atoms with E-state index in [4.69, 9.17) is 0 Å². The largest absolute Gasteiger partial charge is 0.345 e. The van der Waals surface area contributed by atoms with Crippen LogP contribution in [0, 0.1) is 0 Å². The number of rotatable bonds is 8. The second-order valence-electron chi connectivity index (χ2n) is 4.56. The second kappa shape index (κ2) is 9.06. The predicted octanol–water partition coefficient (Wildman–Crippen LogP) is -0.500. The maximum absolute atomic E-state index is 12.0. The standard InChI is InChI=1S/C13H23N3O4/c1-5-10(15-9(4)18)13(20)16-11(6-2)12(19)14-8(3)7-17/h7-8,10-11H,5-6H2,1-4H3,(H,14,19)(H,15,18)(H,16,20). The van der Waals surface area contributed by atoms with Crippen LogP contribution < -0.4 is 16.0 Å². The first-order valence-corrected chi connectivity index (χ1v) is 6.68. The minimum atomic E-state index is -0.729. The van der Waals surface area contributed by atoms with Crippen molar-refractivity contribution in [3.05, 3.63) is 0 Å². The van der Waals surface area contributed by atoms with Gasteiger partial charge in [-0.05, 0) is 19.8 Å². The van der Waals surface area contributed by atoms with Crippen LogP contribution in [0.3, 0.4) is 0 Å². The van der Waals surface area contributed by atoms with Crippen LogP contribution in [0.5, 0.6) is 0 Å². The van der Waals surface area contributed by atoms with E-state index < -0.39 is 29.9 Å². The molecule has 114 valence electrons. The molecule has 0 aromatic heterocycles. The Bertz CT molecular complexity index is 371. The Balaban J connectivity index is 4.61. The summed E-state index contributed by atoms with van der Waals surface area (Å²) in [6.07, 6.45) is 1.42. The van der Waals surface area contributed by atoms with Crippen molar-refractivity contribution in [2.24, 2.45) is 0 Å². The van der Waals surface area contributed by atoms with Crippen LogP contribution in [-0.4, -0.2) is 42.1 Å². The molecule has 0 radical (unpaired) electrons. The third-order valence-corrected chi connectivity index (χ3v) is 2.72. The summed E-state index contributed by atoms with van der Waals surface area (Å²) in [6.45, 7) is 6.38. The van der Waals surface area contributed by atoms with Gasteiger partial charge in [0.25, 0.3) is 0 Å². The number of nitrogens with one attached hydrogen (secondary N) is 3. The van der Waals surface area contributed by atoms with Crippen molar-refractivity contribution < 1.29 is 19.2 Å². The third-order valence-electron chi connectivity index (χ3n) is 2.72. The molecule has 0 saturated heterocycles. The van der Waals surface area contributed by atoms with Gasteiger partial charge < -0.3 is 20.7 Å². The van der Waals surface area contributed by atoms with Crippen molar-refractivity contribution in [2.75, 3.05) is 0 Å². The van der Waals surface area contributed by atoms with E-state index in [9.17, 15) is 19.2 Å². The van der Waals surface area contributed by atoms with Crippen LogP contribution in [0.25, 0.3) is 0 Å². The number of amides is 3. The minimum absolute atomic E-state index is 0.306. The van der Waals surface area contributed by atoms with Crippen molar-refractivity contribution in [2.45, 2.75) is 58.7 Å². The summed E-state index contributed by atoms with van der Waals surface area (Å²) < 4.78 is 0. The lowest BCUT2D eigenvalue weighted by atomic mass is 10.1. The Morgan fingerprint density at radius 3 is 1.80 bits per heavy atom. The van der Waals surface area contributed by atoms with Crippen molar-refractivity contribution in [3.63, 3.8) is 0 Å². The molecule has 0 spiro atoms. The van der Waals surface area contributed by atoms with Gasteiger partial charge in [-0.3, -0.25) is 14.4 Å². The first-order chi connectivity index (χ1) is 9.35. The Hall–Kier alpha value is -1.92. The molecule has 0 aliphatic rings. The smallest absolute Gasteiger partial charge is 0.243 e. The van der Waals surface area contributed by atoms with E-state index in [0.29, 0.717) is 19.1 Å². The molecule has 0 heterocycles. The van der Waals surface area contributed by atoms with Crippen LogP contribution in [-0.2, 0) is 19.2 Å². The van der Waals surface area contributed by atoms with E-state index in [0.717, 1.165) is 0 Å². The van der Waals surface area contributed by atoms with Gasteiger partial charge in [-0.1, -0.05) is 13.8 Å². The molecule has 7 heteroatoms. The topological polar surface area (TPSA) is 104 Å². The third kappa shape index (κ3) is 6.31. The van der Waals surface area contributed by atoms with Crippen LogP contribution >= 0.6 is 0 Å². The van der Waals surface area contributed by atoms with Gasteiger partial charge in [0.05, 0.1) is 6.04 Å². The van der Waals surface area contributed by atoms with Gasteiger partial charge in [-0.2, -0.15) is 0 Å². The number of hydrogen-bond acceptors (Lipinski definition) is 4. The fourth-order valence-electron chi connectivity index (χ4n) is 1.58. The molecule has 3 amide bonds. The van der Waals surface area contributed by atoms with Gasteiger partial charge in [0.2, 0.25) is 17.7 Å². The van der Waals surface area contributed by atoms with E-state index in [1.807, 2.05) is 0 Å². The second-order valence-corrected chi connectivity index (χ2v) is 4.56.